The van der Waals surface area contributed by atoms with Crippen LogP contribution in [-0.4, -0.2) is 28.8 Å². The molecule has 1 heterocycles. The van der Waals surface area contributed by atoms with Gasteiger partial charge in [-0.1, -0.05) is 18.2 Å². The highest BCUT2D eigenvalue weighted by atomic mass is 16.2. The molecule has 5 nitrogen and oxygen atoms in total. The van der Waals surface area contributed by atoms with Gasteiger partial charge in [0.1, 0.15) is 0 Å². The summed E-state index contributed by atoms with van der Waals surface area (Å²) >= 11 is 0. The van der Waals surface area contributed by atoms with Crippen LogP contribution < -0.4 is 11.1 Å². The Morgan fingerprint density at radius 2 is 2.05 bits per heavy atom. The molecule has 1 aromatic carbocycles. The molecule has 2 rings (SSSR count). The number of hydrogen-bond acceptors (Lipinski definition) is 3. The third-order valence-corrected chi connectivity index (χ3v) is 3.60. The monoisotopic (exact) mass is 273 g/mol. The normalized spacial score (nSPS) is 13.9. The Morgan fingerprint density at radius 3 is 2.70 bits per heavy atom. The van der Waals surface area contributed by atoms with Gasteiger partial charge in [0.15, 0.2) is 5.78 Å². The summed E-state index contributed by atoms with van der Waals surface area (Å²) in [6.45, 7) is 3.08. The van der Waals surface area contributed by atoms with Crippen LogP contribution in [0, 0.1) is 0 Å². The lowest BCUT2D eigenvalue weighted by Crippen LogP contribution is -2.54. The van der Waals surface area contributed by atoms with E-state index in [0.717, 1.165) is 16.5 Å². The molecule has 1 amide bonds. The average molecular weight is 273 g/mol. The third kappa shape index (κ3) is 2.72. The molecule has 1 unspecified atom stereocenters. The van der Waals surface area contributed by atoms with Crippen molar-refractivity contribution in [2.24, 2.45) is 5.73 Å². The fraction of sp³-hybridized carbons (Fsp3) is 0.333. The number of H-pyrrole nitrogens is 1. The van der Waals surface area contributed by atoms with Crippen molar-refractivity contribution in [1.29, 1.82) is 0 Å². The number of amides is 1. The molecular formula is C15H19N3O2. The van der Waals surface area contributed by atoms with E-state index in [1.54, 1.807) is 6.92 Å². The minimum atomic E-state index is -0.943. The smallest absolute Gasteiger partial charge is 0.234 e. The Balaban J connectivity index is 2.33. The maximum Gasteiger partial charge on any atom is 0.234 e. The molecule has 20 heavy (non-hydrogen) atoms. The third-order valence-electron chi connectivity index (χ3n) is 3.60. The molecule has 0 saturated carbocycles. The fourth-order valence-corrected chi connectivity index (χ4v) is 2.27. The predicted molar refractivity (Wildman–Crippen MR) is 78.3 cm³/mol. The molecule has 1 aromatic heterocycles. The summed E-state index contributed by atoms with van der Waals surface area (Å²) < 4.78 is 0. The zero-order valence-corrected chi connectivity index (χ0v) is 11.7. The van der Waals surface area contributed by atoms with Gasteiger partial charge in [0, 0.05) is 23.5 Å². The Kier molecular flexibility index (Phi) is 3.90. The first kappa shape index (κ1) is 14.3. The standard InChI is InChI=1S/C15H19N3O2/c1-10(19)15(2,18-14(20)8-16)7-11-9-17-13-6-4-3-5-12(11)13/h3-6,9,17H,7-8,16H2,1-2H3,(H,18,20). The number of para-hydroxylation sites is 1. The summed E-state index contributed by atoms with van der Waals surface area (Å²) in [7, 11) is 0. The quantitative estimate of drug-likeness (QED) is 0.763. The highest BCUT2D eigenvalue weighted by Crippen LogP contribution is 2.23. The maximum atomic E-state index is 11.9. The minimum absolute atomic E-state index is 0.0930. The van der Waals surface area contributed by atoms with Crippen molar-refractivity contribution in [2.45, 2.75) is 25.8 Å². The van der Waals surface area contributed by atoms with E-state index in [2.05, 4.69) is 10.3 Å². The van der Waals surface area contributed by atoms with Crippen molar-refractivity contribution in [3.63, 3.8) is 0 Å². The van der Waals surface area contributed by atoms with Gasteiger partial charge >= 0.3 is 0 Å². The van der Waals surface area contributed by atoms with Crippen LogP contribution in [0.2, 0.25) is 0 Å². The van der Waals surface area contributed by atoms with Gasteiger partial charge in [-0.2, -0.15) is 0 Å². The van der Waals surface area contributed by atoms with Gasteiger partial charge in [-0.15, -0.1) is 0 Å². The number of nitrogens with two attached hydrogens (primary N) is 1. The molecule has 106 valence electrons. The molecule has 0 spiro atoms. The SMILES string of the molecule is CC(=O)C(C)(Cc1c[nH]c2ccccc12)NC(=O)CN. The van der Waals surface area contributed by atoms with Gasteiger partial charge in [-0.05, 0) is 25.5 Å². The number of hydrogen-bond donors (Lipinski definition) is 3. The molecule has 0 fully saturated rings. The highest BCUT2D eigenvalue weighted by molar-refractivity contribution is 5.93. The van der Waals surface area contributed by atoms with Crippen molar-refractivity contribution in [2.75, 3.05) is 6.54 Å². The van der Waals surface area contributed by atoms with Gasteiger partial charge in [0.25, 0.3) is 0 Å². The number of fused-ring (bicyclic) bond motifs is 1. The lowest BCUT2D eigenvalue weighted by atomic mass is 9.89. The second kappa shape index (κ2) is 5.46. The van der Waals surface area contributed by atoms with E-state index in [1.165, 1.54) is 6.92 Å². The number of benzene rings is 1. The number of Topliss-reactive ketones (excluding diaryl/α,β-unsaturated/α-hetero) is 1. The molecule has 2 aromatic rings. The van der Waals surface area contributed by atoms with Crippen LogP contribution in [0.15, 0.2) is 30.5 Å². The Labute approximate surface area is 117 Å². The van der Waals surface area contributed by atoms with E-state index in [4.69, 9.17) is 5.73 Å². The average Bonchev–Trinajstić information content (AvgIpc) is 2.81. The number of rotatable bonds is 5. The van der Waals surface area contributed by atoms with Crippen LogP contribution >= 0.6 is 0 Å². The molecule has 1 atom stereocenters. The maximum absolute atomic E-state index is 11.9. The van der Waals surface area contributed by atoms with Crippen molar-refractivity contribution in [3.8, 4) is 0 Å². The second-order valence-electron chi connectivity index (χ2n) is 5.18. The van der Waals surface area contributed by atoms with Gasteiger partial charge < -0.3 is 16.0 Å². The van der Waals surface area contributed by atoms with Crippen LogP contribution in [0.25, 0.3) is 10.9 Å². The summed E-state index contributed by atoms with van der Waals surface area (Å²) in [6.07, 6.45) is 2.30. The molecular weight excluding hydrogens is 254 g/mol. The molecule has 4 N–H and O–H groups in total. The number of carbonyl (C=O) groups excluding carboxylic acids is 2. The number of carbonyl (C=O) groups is 2. The number of aromatic amines is 1. The Hall–Kier alpha value is -2.14. The van der Waals surface area contributed by atoms with Crippen molar-refractivity contribution >= 4 is 22.6 Å². The predicted octanol–water partition coefficient (Wildman–Crippen LogP) is 1.13. The summed E-state index contributed by atoms with van der Waals surface area (Å²) in [5, 5.41) is 3.78. The molecule has 0 aliphatic carbocycles. The molecule has 0 aliphatic heterocycles. The van der Waals surface area contributed by atoms with Crippen LogP contribution in [0.4, 0.5) is 0 Å². The van der Waals surface area contributed by atoms with Crippen LogP contribution in [0.3, 0.4) is 0 Å². The van der Waals surface area contributed by atoms with Gasteiger partial charge in [0.2, 0.25) is 5.91 Å². The first-order chi connectivity index (χ1) is 9.46. The number of ketones is 1. The number of aromatic nitrogens is 1. The lowest BCUT2D eigenvalue weighted by molar-refractivity contribution is -0.129. The van der Waals surface area contributed by atoms with E-state index in [1.807, 2.05) is 30.5 Å². The molecule has 0 radical (unpaired) electrons. The molecule has 0 aliphatic rings. The van der Waals surface area contributed by atoms with E-state index >= 15 is 0 Å². The molecule has 5 heteroatoms. The van der Waals surface area contributed by atoms with Crippen LogP contribution in [0.5, 0.6) is 0 Å². The molecule has 0 saturated heterocycles. The van der Waals surface area contributed by atoms with Crippen molar-refractivity contribution in [1.82, 2.24) is 10.3 Å². The largest absolute Gasteiger partial charge is 0.361 e. The van der Waals surface area contributed by atoms with Gasteiger partial charge in [-0.25, -0.2) is 0 Å². The summed E-state index contributed by atoms with van der Waals surface area (Å²) in [5.74, 6) is -0.424. The summed E-state index contributed by atoms with van der Waals surface area (Å²) in [6, 6.07) is 7.86. The van der Waals surface area contributed by atoms with Crippen LogP contribution in [0.1, 0.15) is 19.4 Å². The Bertz CT molecular complexity index is 647. The first-order valence-electron chi connectivity index (χ1n) is 6.53. The van der Waals surface area contributed by atoms with Gasteiger partial charge in [-0.3, -0.25) is 9.59 Å². The summed E-state index contributed by atoms with van der Waals surface area (Å²) in [5.41, 5.74) is 6.38. The van der Waals surface area contributed by atoms with E-state index in [9.17, 15) is 9.59 Å². The lowest BCUT2D eigenvalue weighted by Gasteiger charge is -2.28. The zero-order valence-electron chi connectivity index (χ0n) is 11.7. The van der Waals surface area contributed by atoms with Crippen molar-refractivity contribution < 1.29 is 9.59 Å². The number of nitrogens with one attached hydrogen (secondary N) is 2. The van der Waals surface area contributed by atoms with E-state index in [-0.39, 0.29) is 18.2 Å². The highest BCUT2D eigenvalue weighted by Gasteiger charge is 2.32. The summed E-state index contributed by atoms with van der Waals surface area (Å²) in [4.78, 5) is 26.6. The van der Waals surface area contributed by atoms with Crippen LogP contribution in [-0.2, 0) is 16.0 Å². The second-order valence-corrected chi connectivity index (χ2v) is 5.18. The Morgan fingerprint density at radius 1 is 1.35 bits per heavy atom. The first-order valence-corrected chi connectivity index (χ1v) is 6.53. The topological polar surface area (TPSA) is 88.0 Å². The van der Waals surface area contributed by atoms with Crippen molar-refractivity contribution in [3.05, 3.63) is 36.0 Å². The van der Waals surface area contributed by atoms with E-state index < -0.39 is 5.54 Å². The minimum Gasteiger partial charge on any atom is -0.361 e. The van der Waals surface area contributed by atoms with Gasteiger partial charge in [0.05, 0.1) is 12.1 Å². The zero-order chi connectivity index (χ0) is 14.8. The van der Waals surface area contributed by atoms with E-state index in [0.29, 0.717) is 6.42 Å². The molecule has 0 bridgehead atoms. The fourth-order valence-electron chi connectivity index (χ4n) is 2.27.